The molecule has 0 aromatic heterocycles. The van der Waals surface area contributed by atoms with Crippen LogP contribution in [0.1, 0.15) is 40.0 Å². The number of hydrogen-bond acceptors (Lipinski definition) is 3. The highest BCUT2D eigenvalue weighted by Gasteiger charge is 2.36. The number of rotatable bonds is 5. The van der Waals surface area contributed by atoms with Crippen LogP contribution in [0.3, 0.4) is 0 Å². The predicted molar refractivity (Wildman–Crippen MR) is 59.9 cm³/mol. The van der Waals surface area contributed by atoms with Crippen LogP contribution in [0.25, 0.3) is 0 Å². The highest BCUT2D eigenvalue weighted by molar-refractivity contribution is 5.87. The van der Waals surface area contributed by atoms with Crippen LogP contribution in [0, 0.1) is 5.92 Å². The summed E-state index contributed by atoms with van der Waals surface area (Å²) in [6.07, 6.45) is 1.84. The fraction of sp³-hybridized carbons (Fsp3) is 0.750. The summed E-state index contributed by atoms with van der Waals surface area (Å²) in [6.45, 7) is 5.18. The van der Waals surface area contributed by atoms with Crippen molar-refractivity contribution in [3.05, 3.63) is 0 Å². The Balaban J connectivity index is 2.56. The quantitative estimate of drug-likeness (QED) is 0.706. The number of amides is 1. The molecule has 1 saturated heterocycles. The van der Waals surface area contributed by atoms with Crippen LogP contribution in [0.15, 0.2) is 0 Å². The second kappa shape index (κ2) is 5.23. The normalized spacial score (nSPS) is 24.9. The van der Waals surface area contributed by atoms with Crippen molar-refractivity contribution in [2.75, 3.05) is 6.54 Å². The molecule has 0 radical (unpaired) electrons. The molecule has 4 heteroatoms. The third kappa shape index (κ3) is 3.15. The van der Waals surface area contributed by atoms with Gasteiger partial charge >= 0.3 is 0 Å². The van der Waals surface area contributed by atoms with Crippen molar-refractivity contribution in [3.63, 3.8) is 0 Å². The molecule has 90 valence electrons. The Hall–Kier alpha value is -1.19. The van der Waals surface area contributed by atoms with E-state index in [2.05, 4.69) is 0 Å². The van der Waals surface area contributed by atoms with Gasteiger partial charge in [0, 0.05) is 18.4 Å². The fourth-order valence-corrected chi connectivity index (χ4v) is 2.18. The molecular weight excluding hydrogens is 206 g/mol. The first-order valence-electron chi connectivity index (χ1n) is 5.71. The van der Waals surface area contributed by atoms with E-state index in [1.54, 1.807) is 4.90 Å². The van der Waals surface area contributed by atoms with Crippen molar-refractivity contribution < 1.29 is 14.4 Å². The minimum Gasteiger partial charge on any atom is -0.332 e. The molecule has 1 aliphatic rings. The molecule has 0 aromatic carbocycles. The van der Waals surface area contributed by atoms with Crippen molar-refractivity contribution in [1.29, 1.82) is 0 Å². The highest BCUT2D eigenvalue weighted by atomic mass is 16.2. The lowest BCUT2D eigenvalue weighted by atomic mass is 9.99. The predicted octanol–water partition coefficient (Wildman–Crippen LogP) is 1.18. The van der Waals surface area contributed by atoms with Crippen molar-refractivity contribution in [1.82, 2.24) is 4.90 Å². The Bertz CT molecular complexity index is 311. The number of Topliss-reactive ketones (excluding diaryl/α,β-unsaturated/α-hetero) is 2. The second-order valence-corrected chi connectivity index (χ2v) is 4.69. The van der Waals surface area contributed by atoms with Crippen LogP contribution in [-0.2, 0) is 14.4 Å². The number of carbonyl (C=O) groups excluding carboxylic acids is 3. The lowest BCUT2D eigenvalue weighted by Crippen LogP contribution is -2.36. The molecule has 0 saturated carbocycles. The second-order valence-electron chi connectivity index (χ2n) is 4.69. The molecule has 0 N–H and O–H groups in total. The number of hydrogen-bond donors (Lipinski definition) is 0. The first-order chi connectivity index (χ1) is 7.41. The summed E-state index contributed by atoms with van der Waals surface area (Å²) in [6, 6.07) is 0.119. The minimum absolute atomic E-state index is 0.00687. The van der Waals surface area contributed by atoms with E-state index in [-0.39, 0.29) is 36.0 Å². The van der Waals surface area contributed by atoms with Gasteiger partial charge in [0.05, 0.1) is 6.54 Å². The maximum absolute atomic E-state index is 11.9. The Kier molecular flexibility index (Phi) is 4.21. The SMILES string of the molecule is CC(=O)CC[C@H]1C[C@@H](C)N(CC(C)=O)C1=O. The maximum atomic E-state index is 11.9. The molecule has 16 heavy (non-hydrogen) atoms. The minimum atomic E-state index is -0.0711. The van der Waals surface area contributed by atoms with Gasteiger partial charge < -0.3 is 9.69 Å². The van der Waals surface area contributed by atoms with Crippen LogP contribution in [-0.4, -0.2) is 35.0 Å². The van der Waals surface area contributed by atoms with Gasteiger partial charge in [0.15, 0.2) is 0 Å². The van der Waals surface area contributed by atoms with Crippen LogP contribution in [0.2, 0.25) is 0 Å². The average molecular weight is 225 g/mol. The summed E-state index contributed by atoms with van der Waals surface area (Å²) in [5.74, 6) is 0.0834. The molecule has 1 aliphatic heterocycles. The molecule has 4 nitrogen and oxygen atoms in total. The largest absolute Gasteiger partial charge is 0.332 e. The molecular formula is C12H19NO3. The molecule has 2 atom stereocenters. The molecule has 0 bridgehead atoms. The zero-order valence-electron chi connectivity index (χ0n) is 10.2. The summed E-state index contributed by atoms with van der Waals surface area (Å²) in [5.41, 5.74) is 0. The van der Waals surface area contributed by atoms with E-state index < -0.39 is 0 Å². The van der Waals surface area contributed by atoms with E-state index in [0.29, 0.717) is 12.8 Å². The first-order valence-corrected chi connectivity index (χ1v) is 5.71. The van der Waals surface area contributed by atoms with E-state index in [0.717, 1.165) is 6.42 Å². The topological polar surface area (TPSA) is 54.5 Å². The third-order valence-corrected chi connectivity index (χ3v) is 3.03. The van der Waals surface area contributed by atoms with Crippen LogP contribution < -0.4 is 0 Å². The smallest absolute Gasteiger partial charge is 0.226 e. The summed E-state index contributed by atoms with van der Waals surface area (Å²) in [7, 11) is 0. The van der Waals surface area contributed by atoms with Gasteiger partial charge in [-0.3, -0.25) is 9.59 Å². The summed E-state index contributed by atoms with van der Waals surface area (Å²) in [4.78, 5) is 35.4. The van der Waals surface area contributed by atoms with Gasteiger partial charge in [-0.2, -0.15) is 0 Å². The number of nitrogens with zero attached hydrogens (tertiary/aromatic N) is 1. The fourth-order valence-electron chi connectivity index (χ4n) is 2.18. The lowest BCUT2D eigenvalue weighted by Gasteiger charge is -2.19. The number of carbonyl (C=O) groups is 3. The van der Waals surface area contributed by atoms with E-state index in [1.165, 1.54) is 13.8 Å². The van der Waals surface area contributed by atoms with Crippen molar-refractivity contribution >= 4 is 17.5 Å². The molecule has 0 aromatic rings. The van der Waals surface area contributed by atoms with Gasteiger partial charge in [-0.15, -0.1) is 0 Å². The van der Waals surface area contributed by atoms with Gasteiger partial charge in [0.2, 0.25) is 5.91 Å². The molecule has 1 fully saturated rings. The van der Waals surface area contributed by atoms with Crippen molar-refractivity contribution in [3.8, 4) is 0 Å². The highest BCUT2D eigenvalue weighted by Crippen LogP contribution is 2.27. The van der Waals surface area contributed by atoms with Crippen LogP contribution in [0.5, 0.6) is 0 Å². The first kappa shape index (κ1) is 12.9. The molecule has 0 spiro atoms. The Morgan fingerprint density at radius 2 is 1.94 bits per heavy atom. The summed E-state index contributed by atoms with van der Waals surface area (Å²) in [5, 5.41) is 0. The number of likely N-dealkylation sites (tertiary alicyclic amines) is 1. The third-order valence-electron chi connectivity index (χ3n) is 3.03. The van der Waals surface area contributed by atoms with E-state index in [9.17, 15) is 14.4 Å². The zero-order chi connectivity index (χ0) is 12.3. The molecule has 0 aliphatic carbocycles. The number of ketones is 2. The van der Waals surface area contributed by atoms with Crippen LogP contribution >= 0.6 is 0 Å². The molecule has 0 unspecified atom stereocenters. The molecule has 1 heterocycles. The maximum Gasteiger partial charge on any atom is 0.226 e. The van der Waals surface area contributed by atoms with Gasteiger partial charge in [-0.1, -0.05) is 0 Å². The Morgan fingerprint density at radius 1 is 1.31 bits per heavy atom. The zero-order valence-corrected chi connectivity index (χ0v) is 10.2. The van der Waals surface area contributed by atoms with E-state index in [4.69, 9.17) is 0 Å². The molecule has 1 rings (SSSR count). The Morgan fingerprint density at radius 3 is 2.44 bits per heavy atom. The van der Waals surface area contributed by atoms with E-state index in [1.807, 2.05) is 6.92 Å². The Labute approximate surface area is 96.0 Å². The summed E-state index contributed by atoms with van der Waals surface area (Å²) >= 11 is 0. The molecule has 1 amide bonds. The van der Waals surface area contributed by atoms with Gasteiger partial charge in [0.1, 0.15) is 11.6 Å². The van der Waals surface area contributed by atoms with Gasteiger partial charge in [-0.05, 0) is 33.6 Å². The van der Waals surface area contributed by atoms with Crippen molar-refractivity contribution in [2.45, 2.75) is 46.1 Å². The van der Waals surface area contributed by atoms with E-state index >= 15 is 0 Å². The van der Waals surface area contributed by atoms with Gasteiger partial charge in [-0.25, -0.2) is 0 Å². The summed E-state index contributed by atoms with van der Waals surface area (Å²) < 4.78 is 0. The average Bonchev–Trinajstić information content (AvgIpc) is 2.42. The monoisotopic (exact) mass is 225 g/mol. The van der Waals surface area contributed by atoms with Crippen LogP contribution in [0.4, 0.5) is 0 Å². The van der Waals surface area contributed by atoms with Crippen molar-refractivity contribution in [2.24, 2.45) is 5.92 Å². The lowest BCUT2D eigenvalue weighted by molar-refractivity contribution is -0.135. The van der Waals surface area contributed by atoms with Gasteiger partial charge in [0.25, 0.3) is 0 Å². The standard InChI is InChI=1S/C12H19NO3/c1-8-6-11(5-4-9(2)14)12(16)13(8)7-10(3)15/h8,11H,4-7H2,1-3H3/t8-,11+/m1/s1.